The van der Waals surface area contributed by atoms with Crippen LogP contribution in [0, 0.1) is 13.8 Å². The lowest BCUT2D eigenvalue weighted by Crippen LogP contribution is -2.33. The summed E-state index contributed by atoms with van der Waals surface area (Å²) in [6.45, 7) is 5.91. The maximum atomic E-state index is 9.29. The molecule has 4 rings (SSSR count). The highest BCUT2D eigenvalue weighted by molar-refractivity contribution is 8.13. The molecule has 0 aliphatic carbocycles. The molecule has 0 bridgehead atoms. The van der Waals surface area contributed by atoms with E-state index in [9.17, 15) is 5.11 Å². The first kappa shape index (κ1) is 18.0. The SMILES string of the molecule is Cc1cccc(N=C2Sc3nc4ccc(C)cc4cc3CN2CCCO)c1. The molecule has 1 aliphatic heterocycles. The third kappa shape index (κ3) is 3.99. The predicted octanol–water partition coefficient (Wildman–Crippen LogP) is 4.83. The number of hydrogen-bond acceptors (Lipinski definition) is 4. The molecule has 2 heterocycles. The van der Waals surface area contributed by atoms with Gasteiger partial charge in [-0.2, -0.15) is 0 Å². The standard InChI is InChI=1S/C22H23N3OS/c1-15-5-3-6-19(12-15)23-22-25(9-4-10-26)14-18-13-17-11-16(2)7-8-20(17)24-21(18)27-22/h3,5-8,11-13,26H,4,9-10,14H2,1-2H3. The predicted molar refractivity (Wildman–Crippen MR) is 113 cm³/mol. The summed E-state index contributed by atoms with van der Waals surface area (Å²) in [6, 6.07) is 16.8. The van der Waals surface area contributed by atoms with E-state index in [-0.39, 0.29) is 6.61 Å². The summed E-state index contributed by atoms with van der Waals surface area (Å²) in [5.41, 5.74) is 5.63. The molecule has 4 nitrogen and oxygen atoms in total. The van der Waals surface area contributed by atoms with E-state index in [4.69, 9.17) is 9.98 Å². The molecule has 1 aromatic heterocycles. The van der Waals surface area contributed by atoms with Crippen LogP contribution in [0.1, 0.15) is 23.1 Å². The Balaban J connectivity index is 1.74. The number of thioether (sulfide) groups is 1. The minimum Gasteiger partial charge on any atom is -0.396 e. The van der Waals surface area contributed by atoms with Crippen LogP contribution in [0.2, 0.25) is 0 Å². The van der Waals surface area contributed by atoms with E-state index in [0.717, 1.165) is 40.9 Å². The van der Waals surface area contributed by atoms with Gasteiger partial charge in [-0.3, -0.25) is 0 Å². The summed E-state index contributed by atoms with van der Waals surface area (Å²) in [5.74, 6) is 0. The molecule has 0 saturated heterocycles. The van der Waals surface area contributed by atoms with Crippen molar-refractivity contribution in [1.29, 1.82) is 0 Å². The lowest BCUT2D eigenvalue weighted by atomic mass is 10.1. The summed E-state index contributed by atoms with van der Waals surface area (Å²) in [6.07, 6.45) is 0.725. The second-order valence-electron chi connectivity index (χ2n) is 6.98. The Labute approximate surface area is 164 Å². The summed E-state index contributed by atoms with van der Waals surface area (Å²) in [7, 11) is 0. The molecule has 1 N–H and O–H groups in total. The van der Waals surface area contributed by atoms with Gasteiger partial charge >= 0.3 is 0 Å². The molecular formula is C22H23N3OS. The number of aliphatic hydroxyl groups excluding tert-OH is 1. The van der Waals surface area contributed by atoms with Gasteiger partial charge in [0.25, 0.3) is 0 Å². The van der Waals surface area contributed by atoms with E-state index in [1.807, 2.05) is 12.1 Å². The van der Waals surface area contributed by atoms with E-state index in [2.05, 4.69) is 55.1 Å². The van der Waals surface area contributed by atoms with Crippen LogP contribution in [0.5, 0.6) is 0 Å². The summed E-state index contributed by atoms with van der Waals surface area (Å²) in [4.78, 5) is 12.0. The van der Waals surface area contributed by atoms with Crippen LogP contribution in [-0.4, -0.2) is 33.3 Å². The van der Waals surface area contributed by atoms with Crippen molar-refractivity contribution in [3.8, 4) is 0 Å². The zero-order valence-corrected chi connectivity index (χ0v) is 16.5. The average molecular weight is 378 g/mol. The fraction of sp³-hybridized carbons (Fsp3) is 0.273. The fourth-order valence-electron chi connectivity index (χ4n) is 3.29. The third-order valence-electron chi connectivity index (χ3n) is 4.64. The highest BCUT2D eigenvalue weighted by atomic mass is 32.2. The second-order valence-corrected chi connectivity index (χ2v) is 7.94. The van der Waals surface area contributed by atoms with Gasteiger partial charge in [0.05, 0.1) is 11.2 Å². The van der Waals surface area contributed by atoms with Crippen molar-refractivity contribution in [3.63, 3.8) is 0 Å². The minimum absolute atomic E-state index is 0.181. The van der Waals surface area contributed by atoms with Crippen molar-refractivity contribution in [1.82, 2.24) is 9.88 Å². The summed E-state index contributed by atoms with van der Waals surface area (Å²) in [5, 5.41) is 12.4. The number of hydrogen-bond donors (Lipinski definition) is 1. The van der Waals surface area contributed by atoms with Gasteiger partial charge in [0.2, 0.25) is 0 Å². The molecule has 27 heavy (non-hydrogen) atoms. The van der Waals surface area contributed by atoms with Crippen LogP contribution in [0.25, 0.3) is 10.9 Å². The first-order valence-corrected chi connectivity index (χ1v) is 10.0. The Kier molecular flexibility index (Phi) is 5.14. The van der Waals surface area contributed by atoms with Gasteiger partial charge in [0, 0.05) is 30.6 Å². The lowest BCUT2D eigenvalue weighted by Gasteiger charge is -2.30. The molecule has 138 valence electrons. The van der Waals surface area contributed by atoms with Gasteiger partial charge in [-0.1, -0.05) is 23.8 Å². The van der Waals surface area contributed by atoms with Crippen molar-refractivity contribution in [2.75, 3.05) is 13.2 Å². The first-order valence-electron chi connectivity index (χ1n) is 9.22. The van der Waals surface area contributed by atoms with Gasteiger partial charge in [0.15, 0.2) is 5.17 Å². The number of aliphatic hydroxyl groups is 1. The quantitative estimate of drug-likeness (QED) is 0.707. The minimum atomic E-state index is 0.181. The van der Waals surface area contributed by atoms with Gasteiger partial charge in [0.1, 0.15) is 5.03 Å². The normalized spacial score (nSPS) is 15.4. The maximum Gasteiger partial charge on any atom is 0.171 e. The molecular weight excluding hydrogens is 354 g/mol. The van der Waals surface area contributed by atoms with Gasteiger partial charge in [-0.25, -0.2) is 9.98 Å². The molecule has 5 heteroatoms. The largest absolute Gasteiger partial charge is 0.396 e. The molecule has 3 aromatic rings. The van der Waals surface area contributed by atoms with Crippen molar-refractivity contribution in [2.45, 2.75) is 31.8 Å². The van der Waals surface area contributed by atoms with Crippen LogP contribution < -0.4 is 0 Å². The first-order chi connectivity index (χ1) is 13.1. The number of pyridine rings is 1. The van der Waals surface area contributed by atoms with E-state index in [1.165, 1.54) is 22.1 Å². The van der Waals surface area contributed by atoms with Gasteiger partial charge < -0.3 is 10.0 Å². The molecule has 2 aromatic carbocycles. The van der Waals surface area contributed by atoms with Crippen LogP contribution in [-0.2, 0) is 6.54 Å². The molecule has 0 radical (unpaired) electrons. The number of fused-ring (bicyclic) bond motifs is 2. The Morgan fingerprint density at radius 1 is 1.11 bits per heavy atom. The van der Waals surface area contributed by atoms with Crippen molar-refractivity contribution in [3.05, 3.63) is 65.2 Å². The molecule has 1 aliphatic rings. The highest BCUT2D eigenvalue weighted by Crippen LogP contribution is 2.34. The van der Waals surface area contributed by atoms with E-state index in [1.54, 1.807) is 11.8 Å². The molecule has 0 unspecified atom stereocenters. The summed E-state index contributed by atoms with van der Waals surface area (Å²) >= 11 is 1.62. The summed E-state index contributed by atoms with van der Waals surface area (Å²) < 4.78 is 0. The van der Waals surface area contributed by atoms with Crippen LogP contribution in [0.4, 0.5) is 5.69 Å². The molecule has 0 spiro atoms. The van der Waals surface area contributed by atoms with Crippen molar-refractivity contribution in [2.24, 2.45) is 4.99 Å². The molecule has 0 atom stereocenters. The van der Waals surface area contributed by atoms with Crippen LogP contribution in [0.15, 0.2) is 58.5 Å². The van der Waals surface area contributed by atoms with E-state index < -0.39 is 0 Å². The number of nitrogens with zero attached hydrogens (tertiary/aromatic N) is 3. The second kappa shape index (κ2) is 7.71. The topological polar surface area (TPSA) is 48.7 Å². The Morgan fingerprint density at radius 2 is 1.96 bits per heavy atom. The van der Waals surface area contributed by atoms with Crippen LogP contribution in [0.3, 0.4) is 0 Å². The number of amidine groups is 1. The number of aromatic nitrogens is 1. The van der Waals surface area contributed by atoms with Crippen molar-refractivity contribution < 1.29 is 5.11 Å². The average Bonchev–Trinajstić information content (AvgIpc) is 2.65. The molecule has 0 fully saturated rings. The number of benzene rings is 2. The number of rotatable bonds is 4. The zero-order chi connectivity index (χ0) is 18.8. The number of aryl methyl sites for hydroxylation is 2. The van der Waals surface area contributed by atoms with E-state index in [0.29, 0.717) is 0 Å². The third-order valence-corrected chi connectivity index (χ3v) is 5.72. The van der Waals surface area contributed by atoms with Gasteiger partial charge in [-0.15, -0.1) is 0 Å². The Morgan fingerprint density at radius 3 is 2.78 bits per heavy atom. The molecule has 0 amide bonds. The Bertz CT molecular complexity index is 1020. The fourth-order valence-corrected chi connectivity index (χ4v) is 4.29. The van der Waals surface area contributed by atoms with Crippen LogP contribution >= 0.6 is 11.8 Å². The van der Waals surface area contributed by atoms with Crippen molar-refractivity contribution >= 4 is 33.5 Å². The molecule has 0 saturated carbocycles. The monoisotopic (exact) mass is 377 g/mol. The van der Waals surface area contributed by atoms with Gasteiger partial charge in [-0.05, 0) is 67.9 Å². The maximum absolute atomic E-state index is 9.29. The lowest BCUT2D eigenvalue weighted by molar-refractivity contribution is 0.265. The zero-order valence-electron chi connectivity index (χ0n) is 15.6. The highest BCUT2D eigenvalue weighted by Gasteiger charge is 2.24. The number of aliphatic imine (C=N–C) groups is 1. The van der Waals surface area contributed by atoms with E-state index >= 15 is 0 Å². The smallest absolute Gasteiger partial charge is 0.171 e. The Hall–Kier alpha value is -2.37.